The van der Waals surface area contributed by atoms with Gasteiger partial charge in [0.2, 0.25) is 6.04 Å². The van der Waals surface area contributed by atoms with E-state index in [0.29, 0.717) is 0 Å². The number of aromatic nitrogens is 3. The molecule has 0 saturated heterocycles. The van der Waals surface area contributed by atoms with Crippen LogP contribution in [0.1, 0.15) is 5.56 Å². The summed E-state index contributed by atoms with van der Waals surface area (Å²) in [5.74, 6) is 0. The zero-order chi connectivity index (χ0) is 15.9. The van der Waals surface area contributed by atoms with E-state index in [1.807, 2.05) is 36.9 Å². The van der Waals surface area contributed by atoms with Gasteiger partial charge in [-0.1, -0.05) is 11.1 Å². The van der Waals surface area contributed by atoms with Crippen molar-refractivity contribution in [2.45, 2.75) is 6.04 Å². The van der Waals surface area contributed by atoms with Crippen molar-refractivity contribution in [3.05, 3.63) is 72.8 Å². The SMILES string of the molecule is C1=CC2N=C[N+](c3cccnc3)=C2C=C1c1c[nH]c2ncccc12. The molecule has 0 fully saturated rings. The Hall–Kier alpha value is -3.34. The van der Waals surface area contributed by atoms with Gasteiger partial charge in [-0.25, -0.2) is 4.98 Å². The van der Waals surface area contributed by atoms with Crippen LogP contribution < -0.4 is 0 Å². The molecule has 5 heteroatoms. The van der Waals surface area contributed by atoms with Gasteiger partial charge in [0.15, 0.2) is 11.4 Å². The summed E-state index contributed by atoms with van der Waals surface area (Å²) in [6, 6.07) is 8.09. The van der Waals surface area contributed by atoms with Gasteiger partial charge in [0.25, 0.3) is 6.34 Å². The minimum Gasteiger partial charge on any atom is -0.346 e. The highest BCUT2D eigenvalue weighted by Gasteiger charge is 2.31. The molecule has 1 aliphatic carbocycles. The summed E-state index contributed by atoms with van der Waals surface area (Å²) in [6.07, 6.45) is 15.8. The molecule has 2 aliphatic rings. The number of nitrogens with one attached hydrogen (secondary N) is 1. The summed E-state index contributed by atoms with van der Waals surface area (Å²) in [6.45, 7) is 0. The number of aliphatic imine (C=N–C) groups is 1. The maximum Gasteiger partial charge on any atom is 0.286 e. The molecule has 3 aromatic heterocycles. The monoisotopic (exact) mass is 312 g/mol. The molecule has 1 aliphatic heterocycles. The Labute approximate surface area is 138 Å². The molecule has 114 valence electrons. The van der Waals surface area contributed by atoms with Crippen LogP contribution in [0.5, 0.6) is 0 Å². The average molecular weight is 312 g/mol. The predicted octanol–water partition coefficient (Wildman–Crippen LogP) is 3.11. The average Bonchev–Trinajstić information content (AvgIpc) is 3.26. The van der Waals surface area contributed by atoms with E-state index in [-0.39, 0.29) is 6.04 Å². The lowest BCUT2D eigenvalue weighted by Gasteiger charge is -2.09. The summed E-state index contributed by atoms with van der Waals surface area (Å²) in [7, 11) is 0. The van der Waals surface area contributed by atoms with E-state index in [9.17, 15) is 0 Å². The second kappa shape index (κ2) is 5.09. The highest BCUT2D eigenvalue weighted by atomic mass is 15.1. The van der Waals surface area contributed by atoms with E-state index in [2.05, 4.69) is 48.8 Å². The van der Waals surface area contributed by atoms with Crippen LogP contribution in [0.4, 0.5) is 5.69 Å². The summed E-state index contributed by atoms with van der Waals surface area (Å²) in [4.78, 5) is 16.4. The van der Waals surface area contributed by atoms with Gasteiger partial charge in [-0.05, 0) is 42.0 Å². The maximum absolute atomic E-state index is 4.58. The molecule has 0 aromatic carbocycles. The molecule has 1 unspecified atom stereocenters. The molecule has 0 saturated carbocycles. The van der Waals surface area contributed by atoms with Crippen LogP contribution in [0.25, 0.3) is 16.6 Å². The van der Waals surface area contributed by atoms with Crippen molar-refractivity contribution in [3.63, 3.8) is 0 Å². The molecule has 1 N–H and O–H groups in total. The zero-order valence-electron chi connectivity index (χ0n) is 12.8. The Morgan fingerprint density at radius 1 is 1.12 bits per heavy atom. The van der Waals surface area contributed by atoms with Crippen molar-refractivity contribution < 1.29 is 4.58 Å². The third-order valence-electron chi connectivity index (χ3n) is 4.37. The number of hydrogen-bond donors (Lipinski definition) is 1. The van der Waals surface area contributed by atoms with E-state index >= 15 is 0 Å². The van der Waals surface area contributed by atoms with E-state index in [1.54, 1.807) is 12.4 Å². The first-order valence-corrected chi connectivity index (χ1v) is 7.82. The maximum atomic E-state index is 4.58. The molecule has 3 aromatic rings. The number of aromatic amines is 1. The minimum atomic E-state index is 0.0669. The first kappa shape index (κ1) is 13.1. The van der Waals surface area contributed by atoms with Gasteiger partial charge in [-0.15, -0.1) is 0 Å². The summed E-state index contributed by atoms with van der Waals surface area (Å²) < 4.78 is 2.09. The first-order chi connectivity index (χ1) is 11.9. The van der Waals surface area contributed by atoms with Gasteiger partial charge >= 0.3 is 0 Å². The number of nitrogens with zero attached hydrogens (tertiary/aromatic N) is 4. The summed E-state index contributed by atoms with van der Waals surface area (Å²) >= 11 is 0. The second-order valence-corrected chi connectivity index (χ2v) is 5.78. The van der Waals surface area contributed by atoms with Gasteiger partial charge in [-0.2, -0.15) is 4.58 Å². The van der Waals surface area contributed by atoms with Crippen molar-refractivity contribution >= 4 is 34.3 Å². The third-order valence-corrected chi connectivity index (χ3v) is 4.37. The Kier molecular flexibility index (Phi) is 2.79. The van der Waals surface area contributed by atoms with Crippen molar-refractivity contribution in [2.24, 2.45) is 4.99 Å². The predicted molar refractivity (Wildman–Crippen MR) is 94.7 cm³/mol. The quantitative estimate of drug-likeness (QED) is 0.739. The van der Waals surface area contributed by atoms with Gasteiger partial charge in [0, 0.05) is 29.5 Å². The highest BCUT2D eigenvalue weighted by Crippen LogP contribution is 2.29. The molecule has 5 nitrogen and oxygen atoms in total. The highest BCUT2D eigenvalue weighted by molar-refractivity contribution is 6.11. The number of hydrogen-bond acceptors (Lipinski definition) is 3. The van der Waals surface area contributed by atoms with E-state index in [4.69, 9.17) is 0 Å². The first-order valence-electron chi connectivity index (χ1n) is 7.82. The van der Waals surface area contributed by atoms with Crippen molar-refractivity contribution in [1.82, 2.24) is 15.0 Å². The minimum absolute atomic E-state index is 0.0669. The van der Waals surface area contributed by atoms with Gasteiger partial charge in [-0.3, -0.25) is 4.98 Å². The fourth-order valence-corrected chi connectivity index (χ4v) is 3.20. The molecule has 0 amide bonds. The summed E-state index contributed by atoms with van der Waals surface area (Å²) in [5, 5.41) is 1.12. The number of H-pyrrole nitrogens is 1. The van der Waals surface area contributed by atoms with Gasteiger partial charge in [0.05, 0.1) is 6.20 Å². The van der Waals surface area contributed by atoms with E-state index in [0.717, 1.165) is 33.6 Å². The van der Waals surface area contributed by atoms with Crippen molar-refractivity contribution in [2.75, 3.05) is 0 Å². The third kappa shape index (κ3) is 1.95. The van der Waals surface area contributed by atoms with Crippen LogP contribution >= 0.6 is 0 Å². The summed E-state index contributed by atoms with van der Waals surface area (Å²) in [5.41, 5.74) is 5.36. The van der Waals surface area contributed by atoms with Gasteiger partial charge < -0.3 is 4.98 Å². The molecule has 5 rings (SSSR count). The number of rotatable bonds is 2. The number of allylic oxidation sites excluding steroid dienone is 2. The topological polar surface area (TPSA) is 56.9 Å². The zero-order valence-corrected chi connectivity index (χ0v) is 12.8. The molecular weight excluding hydrogens is 298 g/mol. The fourth-order valence-electron chi connectivity index (χ4n) is 3.20. The normalized spacial score (nSPS) is 19.0. The molecule has 0 spiro atoms. The standard InChI is InChI=1S/C19H13N5/c1-3-14(10-20-7-1)24-12-23-17-6-5-13(9-18(17)24)16-11-22-19-15(16)4-2-8-21-19/h1-12,17H/p+1. The lowest BCUT2D eigenvalue weighted by atomic mass is 9.96. The molecule has 0 bridgehead atoms. The van der Waals surface area contributed by atoms with Gasteiger partial charge in [0.1, 0.15) is 5.65 Å². The number of fused-ring (bicyclic) bond motifs is 2. The van der Waals surface area contributed by atoms with Crippen LogP contribution in [0.15, 0.2) is 72.3 Å². The van der Waals surface area contributed by atoms with Crippen LogP contribution in [0, 0.1) is 0 Å². The van der Waals surface area contributed by atoms with Crippen LogP contribution in [0.2, 0.25) is 0 Å². The van der Waals surface area contributed by atoms with Crippen molar-refractivity contribution in [3.8, 4) is 0 Å². The van der Waals surface area contributed by atoms with E-state index < -0.39 is 0 Å². The molecule has 24 heavy (non-hydrogen) atoms. The van der Waals surface area contributed by atoms with E-state index in [1.165, 1.54) is 0 Å². The van der Waals surface area contributed by atoms with Crippen LogP contribution in [-0.4, -0.2) is 37.6 Å². The fraction of sp³-hybridized carbons (Fsp3) is 0.0526. The molecule has 4 heterocycles. The lowest BCUT2D eigenvalue weighted by molar-refractivity contribution is -0.290. The smallest absolute Gasteiger partial charge is 0.286 e. The Balaban J connectivity index is 1.66. The Morgan fingerprint density at radius 3 is 3.00 bits per heavy atom. The second-order valence-electron chi connectivity index (χ2n) is 5.78. The lowest BCUT2D eigenvalue weighted by Crippen LogP contribution is -2.20. The largest absolute Gasteiger partial charge is 0.346 e. The Morgan fingerprint density at radius 2 is 2.08 bits per heavy atom. The molecule has 0 radical (unpaired) electrons. The van der Waals surface area contributed by atoms with Crippen LogP contribution in [0.3, 0.4) is 0 Å². The molecule has 1 atom stereocenters. The Bertz CT molecular complexity index is 1050. The number of pyridine rings is 2. The van der Waals surface area contributed by atoms with Crippen LogP contribution in [-0.2, 0) is 0 Å². The molecular formula is C19H14N5+. The van der Waals surface area contributed by atoms with Crippen molar-refractivity contribution in [1.29, 1.82) is 0 Å².